The Kier molecular flexibility index (Phi) is 5.40. The van der Waals surface area contributed by atoms with Gasteiger partial charge in [-0.25, -0.2) is 4.79 Å². The molecule has 0 aromatic heterocycles. The van der Waals surface area contributed by atoms with Crippen molar-refractivity contribution in [3.8, 4) is 0 Å². The number of nitrogens with one attached hydrogen (secondary N) is 2. The van der Waals surface area contributed by atoms with E-state index in [0.29, 0.717) is 12.1 Å². The maximum Gasteiger partial charge on any atom is 0.319 e. The highest BCUT2D eigenvalue weighted by atomic mass is 16.2. The number of fused-ring (bicyclic) bond motifs is 1. The standard InChI is InChI=1S/C20H22N4O3/c1-13-6-8-16(9-7-13)22-20(27)23-17-10-14-4-2-3-5-15(14)11-24(19(17)26)12-18(21)25/h2-9,17H,10-12H2,1H3,(H2,21,25)(H2,22,23,27). The smallest absolute Gasteiger partial charge is 0.319 e. The third-order valence-electron chi connectivity index (χ3n) is 4.47. The Labute approximate surface area is 157 Å². The van der Waals surface area contributed by atoms with Gasteiger partial charge in [0.25, 0.3) is 0 Å². The first kappa shape index (κ1) is 18.4. The van der Waals surface area contributed by atoms with Gasteiger partial charge in [-0.15, -0.1) is 0 Å². The van der Waals surface area contributed by atoms with Crippen LogP contribution in [0.4, 0.5) is 10.5 Å². The Morgan fingerprint density at radius 3 is 2.44 bits per heavy atom. The molecule has 27 heavy (non-hydrogen) atoms. The van der Waals surface area contributed by atoms with Crippen LogP contribution in [0.15, 0.2) is 48.5 Å². The Hall–Kier alpha value is -3.35. The van der Waals surface area contributed by atoms with E-state index in [4.69, 9.17) is 5.73 Å². The summed E-state index contributed by atoms with van der Waals surface area (Å²) in [5.41, 5.74) is 8.90. The topological polar surface area (TPSA) is 105 Å². The number of carbonyl (C=O) groups is 3. The van der Waals surface area contributed by atoms with E-state index in [1.54, 1.807) is 12.1 Å². The number of urea groups is 1. The number of anilines is 1. The highest BCUT2D eigenvalue weighted by molar-refractivity contribution is 5.95. The van der Waals surface area contributed by atoms with Gasteiger partial charge in [-0.2, -0.15) is 0 Å². The molecule has 1 heterocycles. The fraction of sp³-hybridized carbons (Fsp3) is 0.250. The highest BCUT2D eigenvalue weighted by Gasteiger charge is 2.31. The number of primary amides is 1. The van der Waals surface area contributed by atoms with Crippen molar-refractivity contribution in [2.75, 3.05) is 11.9 Å². The summed E-state index contributed by atoms with van der Waals surface area (Å²) in [6.45, 7) is 2.06. The highest BCUT2D eigenvalue weighted by Crippen LogP contribution is 2.20. The number of hydrogen-bond donors (Lipinski definition) is 3. The number of nitrogens with two attached hydrogens (primary N) is 1. The fourth-order valence-electron chi connectivity index (χ4n) is 3.12. The van der Waals surface area contributed by atoms with E-state index in [9.17, 15) is 14.4 Å². The summed E-state index contributed by atoms with van der Waals surface area (Å²) in [6, 6.07) is 13.7. The quantitative estimate of drug-likeness (QED) is 0.765. The number of amides is 4. The van der Waals surface area contributed by atoms with Gasteiger partial charge in [0.2, 0.25) is 11.8 Å². The SMILES string of the molecule is Cc1ccc(NC(=O)NC2Cc3ccccc3CN(CC(N)=O)C2=O)cc1. The molecule has 1 aliphatic heterocycles. The van der Waals surface area contributed by atoms with Crippen molar-refractivity contribution in [1.29, 1.82) is 0 Å². The Bertz CT molecular complexity index is 864. The zero-order valence-electron chi connectivity index (χ0n) is 15.1. The van der Waals surface area contributed by atoms with Crippen LogP contribution in [-0.2, 0) is 22.6 Å². The van der Waals surface area contributed by atoms with Crippen molar-refractivity contribution in [2.24, 2.45) is 5.73 Å². The zero-order valence-corrected chi connectivity index (χ0v) is 15.1. The van der Waals surface area contributed by atoms with E-state index in [1.807, 2.05) is 43.3 Å². The molecule has 4 amide bonds. The van der Waals surface area contributed by atoms with E-state index >= 15 is 0 Å². The van der Waals surface area contributed by atoms with Crippen LogP contribution in [0, 0.1) is 6.92 Å². The van der Waals surface area contributed by atoms with Crippen molar-refractivity contribution >= 4 is 23.5 Å². The van der Waals surface area contributed by atoms with Gasteiger partial charge in [0.15, 0.2) is 0 Å². The first-order chi connectivity index (χ1) is 12.9. The van der Waals surface area contributed by atoms with Gasteiger partial charge in [0.1, 0.15) is 6.04 Å². The number of rotatable bonds is 4. The summed E-state index contributed by atoms with van der Waals surface area (Å²) in [7, 11) is 0. The molecule has 7 heteroatoms. The second-order valence-electron chi connectivity index (χ2n) is 6.65. The summed E-state index contributed by atoms with van der Waals surface area (Å²) in [4.78, 5) is 38.0. The molecule has 0 saturated heterocycles. The van der Waals surface area contributed by atoms with E-state index in [0.717, 1.165) is 16.7 Å². The average molecular weight is 366 g/mol. The maximum atomic E-state index is 12.9. The first-order valence-corrected chi connectivity index (χ1v) is 8.70. The molecule has 0 spiro atoms. The van der Waals surface area contributed by atoms with E-state index in [-0.39, 0.29) is 19.0 Å². The lowest BCUT2D eigenvalue weighted by atomic mass is 10.0. The van der Waals surface area contributed by atoms with Crippen molar-refractivity contribution < 1.29 is 14.4 Å². The van der Waals surface area contributed by atoms with Crippen LogP contribution in [0.2, 0.25) is 0 Å². The van der Waals surface area contributed by atoms with Crippen molar-refractivity contribution in [2.45, 2.75) is 25.9 Å². The van der Waals surface area contributed by atoms with Crippen molar-refractivity contribution in [3.05, 3.63) is 65.2 Å². The molecular weight excluding hydrogens is 344 g/mol. The molecule has 0 bridgehead atoms. The molecule has 3 rings (SSSR count). The number of nitrogens with zero attached hydrogens (tertiary/aromatic N) is 1. The Morgan fingerprint density at radius 1 is 1.11 bits per heavy atom. The predicted molar refractivity (Wildman–Crippen MR) is 102 cm³/mol. The minimum absolute atomic E-state index is 0.190. The number of hydrogen-bond acceptors (Lipinski definition) is 3. The van der Waals surface area contributed by atoms with E-state index in [1.165, 1.54) is 4.90 Å². The largest absolute Gasteiger partial charge is 0.368 e. The number of benzene rings is 2. The van der Waals surface area contributed by atoms with E-state index in [2.05, 4.69) is 10.6 Å². The van der Waals surface area contributed by atoms with Gasteiger partial charge >= 0.3 is 6.03 Å². The van der Waals surface area contributed by atoms with Crippen LogP contribution in [0.5, 0.6) is 0 Å². The molecule has 1 aliphatic rings. The van der Waals surface area contributed by atoms with Gasteiger partial charge in [0, 0.05) is 18.7 Å². The number of carbonyl (C=O) groups excluding carboxylic acids is 3. The lowest BCUT2D eigenvalue weighted by Gasteiger charge is -2.24. The fourth-order valence-corrected chi connectivity index (χ4v) is 3.12. The summed E-state index contributed by atoms with van der Waals surface area (Å²) in [5, 5.41) is 5.45. The van der Waals surface area contributed by atoms with Crippen LogP contribution in [0.1, 0.15) is 16.7 Å². The minimum Gasteiger partial charge on any atom is -0.368 e. The molecule has 0 aliphatic carbocycles. The van der Waals surface area contributed by atoms with Crippen LogP contribution in [-0.4, -0.2) is 35.3 Å². The molecule has 0 saturated carbocycles. The molecule has 2 aromatic carbocycles. The summed E-state index contributed by atoms with van der Waals surface area (Å²) < 4.78 is 0. The molecule has 140 valence electrons. The van der Waals surface area contributed by atoms with Crippen LogP contribution in [0.25, 0.3) is 0 Å². The van der Waals surface area contributed by atoms with Gasteiger partial charge in [-0.1, -0.05) is 42.0 Å². The van der Waals surface area contributed by atoms with E-state index < -0.39 is 18.0 Å². The van der Waals surface area contributed by atoms with Crippen LogP contribution in [0.3, 0.4) is 0 Å². The molecule has 1 unspecified atom stereocenters. The van der Waals surface area contributed by atoms with Gasteiger partial charge in [-0.3, -0.25) is 9.59 Å². The maximum absolute atomic E-state index is 12.9. The van der Waals surface area contributed by atoms with Gasteiger partial charge in [-0.05, 0) is 30.2 Å². The van der Waals surface area contributed by atoms with Crippen molar-refractivity contribution in [1.82, 2.24) is 10.2 Å². The summed E-state index contributed by atoms with van der Waals surface area (Å²) in [6.07, 6.45) is 0.353. The first-order valence-electron chi connectivity index (χ1n) is 8.70. The minimum atomic E-state index is -0.779. The predicted octanol–water partition coefficient (Wildman–Crippen LogP) is 1.56. The third-order valence-corrected chi connectivity index (χ3v) is 4.47. The molecule has 0 radical (unpaired) electrons. The Balaban J connectivity index is 1.77. The molecular formula is C20H22N4O3. The van der Waals surface area contributed by atoms with Gasteiger partial charge in [0.05, 0.1) is 6.54 Å². The monoisotopic (exact) mass is 366 g/mol. The van der Waals surface area contributed by atoms with Crippen LogP contribution < -0.4 is 16.4 Å². The lowest BCUT2D eigenvalue weighted by molar-refractivity contribution is -0.137. The average Bonchev–Trinajstić information content (AvgIpc) is 2.74. The van der Waals surface area contributed by atoms with Crippen molar-refractivity contribution in [3.63, 3.8) is 0 Å². The third kappa shape index (κ3) is 4.63. The number of aryl methyl sites for hydroxylation is 1. The molecule has 1 atom stereocenters. The lowest BCUT2D eigenvalue weighted by Crippen LogP contribution is -2.50. The summed E-state index contributed by atoms with van der Waals surface area (Å²) in [5.74, 6) is -0.922. The molecule has 2 aromatic rings. The second-order valence-corrected chi connectivity index (χ2v) is 6.65. The Morgan fingerprint density at radius 2 is 1.78 bits per heavy atom. The zero-order chi connectivity index (χ0) is 19.4. The molecule has 4 N–H and O–H groups in total. The molecule has 0 fully saturated rings. The summed E-state index contributed by atoms with van der Waals surface area (Å²) >= 11 is 0. The molecule has 7 nitrogen and oxygen atoms in total. The second kappa shape index (κ2) is 7.90. The van der Waals surface area contributed by atoms with Crippen LogP contribution >= 0.6 is 0 Å². The van der Waals surface area contributed by atoms with Gasteiger partial charge < -0.3 is 21.3 Å². The normalized spacial score (nSPS) is 16.3.